The Morgan fingerprint density at radius 2 is 2.00 bits per heavy atom. The van der Waals surface area contributed by atoms with Gasteiger partial charge in [-0.3, -0.25) is 4.79 Å². The summed E-state index contributed by atoms with van der Waals surface area (Å²) in [4.78, 5) is 11.2. The van der Waals surface area contributed by atoms with Crippen molar-refractivity contribution in [3.8, 4) is 0 Å². The summed E-state index contributed by atoms with van der Waals surface area (Å²) >= 11 is 0. The van der Waals surface area contributed by atoms with Crippen LogP contribution in [0.5, 0.6) is 0 Å². The molecule has 0 aliphatic carbocycles. The Morgan fingerprint density at radius 3 is 2.59 bits per heavy atom. The van der Waals surface area contributed by atoms with Gasteiger partial charge < -0.3 is 10.4 Å². The first kappa shape index (κ1) is 13.5. The molecule has 1 aromatic rings. The second-order valence-corrected chi connectivity index (χ2v) is 3.56. The lowest BCUT2D eigenvalue weighted by Crippen LogP contribution is -2.39. The fourth-order valence-electron chi connectivity index (χ4n) is 1.16. The van der Waals surface area contributed by atoms with Crippen LogP contribution in [0, 0.1) is 5.82 Å². The molecule has 0 saturated heterocycles. The van der Waals surface area contributed by atoms with Crippen molar-refractivity contribution in [1.29, 1.82) is 0 Å². The van der Waals surface area contributed by atoms with E-state index >= 15 is 0 Å². The molecule has 6 heteroatoms. The summed E-state index contributed by atoms with van der Waals surface area (Å²) < 4.78 is 38.3. The Bertz CT molecular complexity index is 396. The predicted octanol–water partition coefficient (Wildman–Crippen LogP) is 1.11. The van der Waals surface area contributed by atoms with Crippen molar-refractivity contribution in [3.63, 3.8) is 0 Å². The van der Waals surface area contributed by atoms with Crippen LogP contribution in [0.15, 0.2) is 24.3 Å². The molecule has 0 fully saturated rings. The van der Waals surface area contributed by atoms with Gasteiger partial charge in [-0.15, -0.1) is 0 Å². The molecule has 0 spiro atoms. The van der Waals surface area contributed by atoms with Crippen molar-refractivity contribution in [2.45, 2.75) is 12.3 Å². The normalized spacial score (nSPS) is 11.3. The van der Waals surface area contributed by atoms with E-state index in [0.29, 0.717) is 0 Å². The zero-order chi connectivity index (χ0) is 12.9. The molecule has 0 atom stereocenters. The largest absolute Gasteiger partial charge is 0.390 e. The number of aliphatic hydroxyl groups is 1. The highest BCUT2D eigenvalue weighted by Gasteiger charge is 2.28. The molecule has 0 heterocycles. The van der Waals surface area contributed by atoms with Crippen LogP contribution in [0.4, 0.5) is 13.2 Å². The average molecular weight is 247 g/mol. The molecule has 0 aromatic heterocycles. The fourth-order valence-corrected chi connectivity index (χ4v) is 1.16. The van der Waals surface area contributed by atoms with Crippen LogP contribution in [0.25, 0.3) is 0 Å². The Hall–Kier alpha value is -1.56. The lowest BCUT2D eigenvalue weighted by molar-refractivity contribution is -0.123. The maximum absolute atomic E-state index is 13.1. The molecule has 0 aliphatic heterocycles. The molecule has 1 amide bonds. The minimum Gasteiger partial charge on any atom is -0.390 e. The van der Waals surface area contributed by atoms with E-state index in [1.165, 1.54) is 18.2 Å². The third-order valence-corrected chi connectivity index (χ3v) is 2.08. The van der Waals surface area contributed by atoms with Gasteiger partial charge in [0, 0.05) is 0 Å². The molecule has 0 unspecified atom stereocenters. The number of amides is 1. The fraction of sp³-hybridized carbons (Fsp3) is 0.364. The summed E-state index contributed by atoms with van der Waals surface area (Å²) in [6, 6.07) is 5.61. The minimum atomic E-state index is -3.36. The van der Waals surface area contributed by atoms with Gasteiger partial charge in [-0.25, -0.2) is 13.2 Å². The zero-order valence-electron chi connectivity index (χ0n) is 8.92. The monoisotopic (exact) mass is 247 g/mol. The number of halogens is 3. The van der Waals surface area contributed by atoms with Crippen molar-refractivity contribution in [3.05, 3.63) is 35.6 Å². The molecule has 1 aromatic carbocycles. The highest BCUT2D eigenvalue weighted by atomic mass is 19.3. The van der Waals surface area contributed by atoms with E-state index < -0.39 is 30.8 Å². The standard InChI is InChI=1S/C11H12F3NO2/c12-9-4-2-1-3-8(9)5-10(17)15-6-11(13,14)7-16/h1-4,16H,5-7H2,(H,15,17). The first-order valence-electron chi connectivity index (χ1n) is 4.93. The van der Waals surface area contributed by atoms with Gasteiger partial charge >= 0.3 is 0 Å². The van der Waals surface area contributed by atoms with Gasteiger partial charge in [0.05, 0.1) is 13.0 Å². The molecule has 94 valence electrons. The average Bonchev–Trinajstić information content (AvgIpc) is 2.30. The van der Waals surface area contributed by atoms with E-state index in [9.17, 15) is 18.0 Å². The Morgan fingerprint density at radius 1 is 1.35 bits per heavy atom. The lowest BCUT2D eigenvalue weighted by Gasteiger charge is -2.13. The minimum absolute atomic E-state index is 0.136. The van der Waals surface area contributed by atoms with E-state index in [0.717, 1.165) is 0 Å². The lowest BCUT2D eigenvalue weighted by atomic mass is 10.1. The predicted molar refractivity (Wildman–Crippen MR) is 55.1 cm³/mol. The van der Waals surface area contributed by atoms with E-state index in [4.69, 9.17) is 5.11 Å². The summed E-state index contributed by atoms with van der Waals surface area (Å²) in [5.74, 6) is -4.63. The van der Waals surface area contributed by atoms with Crippen LogP contribution in [0.3, 0.4) is 0 Å². The highest BCUT2D eigenvalue weighted by Crippen LogP contribution is 2.10. The maximum Gasteiger partial charge on any atom is 0.287 e. The van der Waals surface area contributed by atoms with Crippen molar-refractivity contribution < 1.29 is 23.1 Å². The maximum atomic E-state index is 13.1. The number of aliphatic hydroxyl groups excluding tert-OH is 1. The number of alkyl halides is 2. The third kappa shape index (κ3) is 4.44. The Labute approximate surface area is 96.3 Å². The number of carbonyl (C=O) groups excluding carboxylic acids is 1. The number of rotatable bonds is 5. The van der Waals surface area contributed by atoms with E-state index in [1.807, 2.05) is 5.32 Å². The summed E-state index contributed by atoms with van der Waals surface area (Å²) in [5.41, 5.74) is 0.136. The van der Waals surface area contributed by atoms with Crippen LogP contribution in [-0.4, -0.2) is 30.1 Å². The Kier molecular flexibility index (Phi) is 4.51. The molecule has 0 radical (unpaired) electrons. The van der Waals surface area contributed by atoms with Crippen LogP contribution >= 0.6 is 0 Å². The first-order valence-corrected chi connectivity index (χ1v) is 4.93. The molecule has 0 aliphatic rings. The molecular formula is C11H12F3NO2. The third-order valence-electron chi connectivity index (χ3n) is 2.08. The second-order valence-electron chi connectivity index (χ2n) is 3.56. The summed E-state index contributed by atoms with van der Waals surface area (Å²) in [6.07, 6.45) is -0.311. The van der Waals surface area contributed by atoms with E-state index in [2.05, 4.69) is 0 Å². The molecule has 17 heavy (non-hydrogen) atoms. The molecule has 2 N–H and O–H groups in total. The Balaban J connectivity index is 2.48. The topological polar surface area (TPSA) is 49.3 Å². The number of hydrogen-bond acceptors (Lipinski definition) is 2. The van der Waals surface area contributed by atoms with Crippen LogP contribution in [0.2, 0.25) is 0 Å². The number of hydrogen-bond donors (Lipinski definition) is 2. The SMILES string of the molecule is O=C(Cc1ccccc1F)NCC(F)(F)CO. The number of benzene rings is 1. The van der Waals surface area contributed by atoms with Crippen molar-refractivity contribution >= 4 is 5.91 Å². The van der Waals surface area contributed by atoms with Crippen LogP contribution < -0.4 is 5.32 Å². The van der Waals surface area contributed by atoms with Gasteiger partial charge in [0.1, 0.15) is 12.4 Å². The summed E-state index contributed by atoms with van der Waals surface area (Å²) in [6.45, 7) is -2.30. The van der Waals surface area contributed by atoms with Crippen molar-refractivity contribution in [2.75, 3.05) is 13.2 Å². The van der Waals surface area contributed by atoms with Gasteiger partial charge in [0.25, 0.3) is 5.92 Å². The van der Waals surface area contributed by atoms with E-state index in [1.54, 1.807) is 6.07 Å². The summed E-state index contributed by atoms with van der Waals surface area (Å²) in [5, 5.41) is 10.2. The van der Waals surface area contributed by atoms with E-state index in [-0.39, 0.29) is 12.0 Å². The smallest absolute Gasteiger partial charge is 0.287 e. The van der Waals surface area contributed by atoms with Crippen LogP contribution in [0.1, 0.15) is 5.56 Å². The molecule has 0 bridgehead atoms. The second kappa shape index (κ2) is 5.67. The van der Waals surface area contributed by atoms with Gasteiger partial charge in [-0.2, -0.15) is 0 Å². The van der Waals surface area contributed by atoms with Gasteiger partial charge in [-0.05, 0) is 11.6 Å². The molecule has 3 nitrogen and oxygen atoms in total. The summed E-state index contributed by atoms with van der Waals surface area (Å²) in [7, 11) is 0. The molecular weight excluding hydrogens is 235 g/mol. The quantitative estimate of drug-likeness (QED) is 0.819. The number of carbonyl (C=O) groups is 1. The first-order chi connectivity index (χ1) is 7.94. The van der Waals surface area contributed by atoms with Gasteiger partial charge in [0.15, 0.2) is 0 Å². The number of nitrogens with one attached hydrogen (secondary N) is 1. The molecule has 1 rings (SSSR count). The zero-order valence-corrected chi connectivity index (χ0v) is 8.92. The van der Waals surface area contributed by atoms with Gasteiger partial charge in [-0.1, -0.05) is 18.2 Å². The van der Waals surface area contributed by atoms with Crippen molar-refractivity contribution in [1.82, 2.24) is 5.32 Å². The van der Waals surface area contributed by atoms with Crippen molar-refractivity contribution in [2.24, 2.45) is 0 Å². The molecule has 0 saturated carbocycles. The van der Waals surface area contributed by atoms with Gasteiger partial charge in [0.2, 0.25) is 5.91 Å². The highest BCUT2D eigenvalue weighted by molar-refractivity contribution is 5.78. The van der Waals surface area contributed by atoms with Crippen LogP contribution in [-0.2, 0) is 11.2 Å².